The van der Waals surface area contributed by atoms with Gasteiger partial charge in [0.1, 0.15) is 0 Å². The summed E-state index contributed by atoms with van der Waals surface area (Å²) in [6, 6.07) is 30.1. The van der Waals surface area contributed by atoms with Crippen LogP contribution in [0.2, 0.25) is 0 Å². The van der Waals surface area contributed by atoms with Crippen LogP contribution in [-0.4, -0.2) is 6.54 Å². The second kappa shape index (κ2) is 6.82. The molecule has 0 amide bonds. The highest BCUT2D eigenvalue weighted by Gasteiger charge is 2.08. The normalized spacial score (nSPS) is 11.4. The van der Waals surface area contributed by atoms with Crippen molar-refractivity contribution >= 4 is 33.3 Å². The predicted octanol–water partition coefficient (Wildman–Crippen LogP) is 6.49. The van der Waals surface area contributed by atoms with E-state index in [1.165, 1.54) is 32.8 Å². The highest BCUT2D eigenvalue weighted by Crippen LogP contribution is 2.32. The number of anilines is 1. The van der Waals surface area contributed by atoms with Gasteiger partial charge in [-0.2, -0.15) is 0 Å². The molecule has 4 aromatic rings. The summed E-state index contributed by atoms with van der Waals surface area (Å²) in [5, 5.41) is 5.20. The third-order valence-corrected chi connectivity index (χ3v) is 4.66. The maximum Gasteiger partial charge on any atom is 0.0485 e. The number of hydrogen-bond donors (Lipinski definition) is 0. The topological polar surface area (TPSA) is 3.24 Å². The molecule has 0 radical (unpaired) electrons. The summed E-state index contributed by atoms with van der Waals surface area (Å²) in [4.78, 5) is 2.31. The van der Waals surface area contributed by atoms with Crippen LogP contribution in [0, 0.1) is 0 Å². The minimum Gasteiger partial charge on any atom is -0.348 e. The van der Waals surface area contributed by atoms with Crippen molar-refractivity contribution in [3.8, 4) is 0 Å². The van der Waals surface area contributed by atoms with Crippen molar-refractivity contribution in [1.29, 1.82) is 0 Å². The molecule has 0 aliphatic rings. The van der Waals surface area contributed by atoms with E-state index in [2.05, 4.69) is 103 Å². The third-order valence-electron chi connectivity index (χ3n) is 4.66. The van der Waals surface area contributed by atoms with Crippen LogP contribution in [0.4, 0.5) is 5.69 Å². The lowest BCUT2D eigenvalue weighted by Crippen LogP contribution is -2.14. The summed E-state index contributed by atoms with van der Waals surface area (Å²) in [6.07, 6.45) is 4.35. The van der Waals surface area contributed by atoms with Gasteiger partial charge in [-0.15, -0.1) is 0 Å². The highest BCUT2D eigenvalue weighted by molar-refractivity contribution is 6.11. The van der Waals surface area contributed by atoms with Crippen LogP contribution in [0.1, 0.15) is 12.5 Å². The Bertz CT molecular complexity index is 1030. The second-order valence-corrected chi connectivity index (χ2v) is 6.17. The molecule has 1 heteroatoms. The van der Waals surface area contributed by atoms with E-state index in [0.717, 1.165) is 6.54 Å². The lowest BCUT2D eigenvalue weighted by atomic mass is 10.0. The van der Waals surface area contributed by atoms with Crippen LogP contribution in [0.5, 0.6) is 0 Å². The zero-order chi connectivity index (χ0) is 17.1. The van der Waals surface area contributed by atoms with Crippen molar-refractivity contribution in [2.75, 3.05) is 11.4 Å². The van der Waals surface area contributed by atoms with Crippen molar-refractivity contribution in [3.05, 3.63) is 96.7 Å². The van der Waals surface area contributed by atoms with Gasteiger partial charge in [0.05, 0.1) is 0 Å². The van der Waals surface area contributed by atoms with E-state index in [9.17, 15) is 0 Å². The Morgan fingerprint density at radius 2 is 1.44 bits per heavy atom. The van der Waals surface area contributed by atoms with E-state index < -0.39 is 0 Å². The van der Waals surface area contributed by atoms with Crippen molar-refractivity contribution in [3.63, 3.8) is 0 Å². The lowest BCUT2D eigenvalue weighted by molar-refractivity contribution is 1.03. The van der Waals surface area contributed by atoms with E-state index in [-0.39, 0.29) is 0 Å². The number of rotatable bonds is 4. The molecule has 4 aromatic carbocycles. The standard InChI is InChI=1S/C24H21N/c1-2-25(18-17-19-9-4-3-5-10-19)24-14-8-13-22-21-12-7-6-11-20(21)15-16-23(22)24/h3-18H,2H2,1H3. The van der Waals surface area contributed by atoms with Crippen LogP contribution < -0.4 is 4.90 Å². The monoisotopic (exact) mass is 323 g/mol. The quantitative estimate of drug-likeness (QED) is 0.388. The molecule has 0 saturated heterocycles. The molecule has 0 atom stereocenters. The van der Waals surface area contributed by atoms with Crippen LogP contribution in [0.25, 0.3) is 27.6 Å². The molecule has 0 unspecified atom stereocenters. The lowest BCUT2D eigenvalue weighted by Gasteiger charge is -2.21. The van der Waals surface area contributed by atoms with E-state index >= 15 is 0 Å². The molecule has 0 fully saturated rings. The molecule has 0 heterocycles. The highest BCUT2D eigenvalue weighted by atomic mass is 15.1. The minimum absolute atomic E-state index is 0.926. The summed E-state index contributed by atoms with van der Waals surface area (Å²) in [6.45, 7) is 3.12. The second-order valence-electron chi connectivity index (χ2n) is 6.17. The van der Waals surface area contributed by atoms with Crippen LogP contribution in [-0.2, 0) is 0 Å². The van der Waals surface area contributed by atoms with Gasteiger partial charge in [-0.25, -0.2) is 0 Å². The Morgan fingerprint density at radius 3 is 2.28 bits per heavy atom. The van der Waals surface area contributed by atoms with Crippen molar-refractivity contribution in [2.24, 2.45) is 0 Å². The zero-order valence-corrected chi connectivity index (χ0v) is 14.4. The van der Waals surface area contributed by atoms with Gasteiger partial charge in [0, 0.05) is 23.8 Å². The SMILES string of the molecule is CCN(C=Cc1ccccc1)c1cccc2c1ccc1ccccc12. The van der Waals surface area contributed by atoms with E-state index in [1.54, 1.807) is 0 Å². The van der Waals surface area contributed by atoms with Gasteiger partial charge in [-0.3, -0.25) is 0 Å². The average molecular weight is 323 g/mol. The fourth-order valence-electron chi connectivity index (χ4n) is 3.37. The Balaban J connectivity index is 1.82. The first-order chi connectivity index (χ1) is 12.4. The molecule has 0 saturated carbocycles. The Hall–Kier alpha value is -3.06. The maximum atomic E-state index is 2.31. The Kier molecular flexibility index (Phi) is 4.22. The fraction of sp³-hybridized carbons (Fsp3) is 0.0833. The van der Waals surface area contributed by atoms with Crippen LogP contribution in [0.15, 0.2) is 91.1 Å². The predicted molar refractivity (Wildman–Crippen MR) is 110 cm³/mol. The Morgan fingerprint density at radius 1 is 0.680 bits per heavy atom. The summed E-state index contributed by atoms with van der Waals surface area (Å²) in [5.74, 6) is 0. The van der Waals surface area contributed by atoms with Crippen LogP contribution in [0.3, 0.4) is 0 Å². The molecule has 0 aliphatic heterocycles. The molecule has 122 valence electrons. The summed E-state index contributed by atoms with van der Waals surface area (Å²) in [7, 11) is 0. The number of benzene rings is 4. The fourth-order valence-corrected chi connectivity index (χ4v) is 3.37. The summed E-state index contributed by atoms with van der Waals surface area (Å²) >= 11 is 0. The minimum atomic E-state index is 0.926. The molecule has 0 aromatic heterocycles. The molecule has 1 nitrogen and oxygen atoms in total. The van der Waals surface area contributed by atoms with Gasteiger partial charge in [0.25, 0.3) is 0 Å². The molecular formula is C24H21N. The van der Waals surface area contributed by atoms with Crippen molar-refractivity contribution in [1.82, 2.24) is 0 Å². The molecule has 4 rings (SSSR count). The average Bonchev–Trinajstić information content (AvgIpc) is 2.69. The molecular weight excluding hydrogens is 302 g/mol. The van der Waals surface area contributed by atoms with Crippen LogP contribution >= 0.6 is 0 Å². The first-order valence-corrected chi connectivity index (χ1v) is 8.77. The number of fused-ring (bicyclic) bond motifs is 3. The third kappa shape index (κ3) is 3.01. The number of nitrogens with zero attached hydrogens (tertiary/aromatic N) is 1. The van der Waals surface area contributed by atoms with Crippen molar-refractivity contribution < 1.29 is 0 Å². The van der Waals surface area contributed by atoms with Gasteiger partial charge in [0.15, 0.2) is 0 Å². The van der Waals surface area contributed by atoms with Gasteiger partial charge >= 0.3 is 0 Å². The molecule has 0 aliphatic carbocycles. The smallest absolute Gasteiger partial charge is 0.0485 e. The maximum absolute atomic E-state index is 2.31. The summed E-state index contributed by atoms with van der Waals surface area (Å²) < 4.78 is 0. The first kappa shape index (κ1) is 15.5. The summed E-state index contributed by atoms with van der Waals surface area (Å²) in [5.41, 5.74) is 2.46. The molecule has 0 N–H and O–H groups in total. The van der Waals surface area contributed by atoms with E-state index in [1.807, 2.05) is 6.07 Å². The molecule has 0 bridgehead atoms. The van der Waals surface area contributed by atoms with Crippen molar-refractivity contribution in [2.45, 2.75) is 6.92 Å². The molecule has 0 spiro atoms. The van der Waals surface area contributed by atoms with Gasteiger partial charge in [0.2, 0.25) is 0 Å². The van der Waals surface area contributed by atoms with Gasteiger partial charge in [-0.05, 0) is 40.8 Å². The van der Waals surface area contributed by atoms with E-state index in [4.69, 9.17) is 0 Å². The largest absolute Gasteiger partial charge is 0.348 e. The Labute approximate surface area is 148 Å². The zero-order valence-electron chi connectivity index (χ0n) is 14.4. The number of hydrogen-bond acceptors (Lipinski definition) is 1. The molecule has 25 heavy (non-hydrogen) atoms. The van der Waals surface area contributed by atoms with Gasteiger partial charge in [-0.1, -0.05) is 78.9 Å². The first-order valence-electron chi connectivity index (χ1n) is 8.77. The van der Waals surface area contributed by atoms with Gasteiger partial charge < -0.3 is 4.90 Å². The van der Waals surface area contributed by atoms with E-state index in [0.29, 0.717) is 0 Å².